The maximum atomic E-state index is 12.1. The van der Waals surface area contributed by atoms with Crippen LogP contribution in [0.25, 0.3) is 0 Å². The number of nitrogens with one attached hydrogen (secondary N) is 2. The zero-order valence-electron chi connectivity index (χ0n) is 11.3. The van der Waals surface area contributed by atoms with Crippen LogP contribution in [0.3, 0.4) is 0 Å². The van der Waals surface area contributed by atoms with Gasteiger partial charge in [-0.3, -0.25) is 9.89 Å². The molecule has 1 saturated carbocycles. The number of amides is 1. The number of hydrogen-bond donors (Lipinski definition) is 2. The van der Waals surface area contributed by atoms with E-state index in [1.54, 1.807) is 0 Å². The molecule has 6 nitrogen and oxygen atoms in total. The number of carbonyl (C=O) groups excluding carboxylic acids is 1. The second-order valence-electron chi connectivity index (χ2n) is 5.75. The quantitative estimate of drug-likeness (QED) is 0.857. The van der Waals surface area contributed by atoms with Gasteiger partial charge in [-0.15, -0.1) is 0 Å². The molecule has 2 heterocycles. The SMILES string of the molecule is Cc1nc([C@@H]2OCC[C@@H]2NC(=O)C2CC(C)C2)n[nH]1. The van der Waals surface area contributed by atoms with Crippen molar-refractivity contribution in [1.82, 2.24) is 20.5 Å². The van der Waals surface area contributed by atoms with Crippen molar-refractivity contribution in [3.05, 3.63) is 11.6 Å². The molecule has 2 atom stereocenters. The number of aromatic amines is 1. The van der Waals surface area contributed by atoms with Gasteiger partial charge in [0.15, 0.2) is 5.82 Å². The molecule has 0 unspecified atom stereocenters. The summed E-state index contributed by atoms with van der Waals surface area (Å²) in [5.74, 6) is 2.43. The fourth-order valence-electron chi connectivity index (χ4n) is 2.90. The zero-order valence-corrected chi connectivity index (χ0v) is 11.3. The van der Waals surface area contributed by atoms with Gasteiger partial charge in [0.2, 0.25) is 5.91 Å². The Bertz CT molecular complexity index is 467. The largest absolute Gasteiger partial charge is 0.368 e. The first kappa shape index (κ1) is 12.6. The Morgan fingerprint density at radius 3 is 2.89 bits per heavy atom. The summed E-state index contributed by atoms with van der Waals surface area (Å²) in [5.41, 5.74) is 0. The minimum atomic E-state index is -0.216. The first-order chi connectivity index (χ1) is 9.13. The van der Waals surface area contributed by atoms with Gasteiger partial charge >= 0.3 is 0 Å². The van der Waals surface area contributed by atoms with Gasteiger partial charge < -0.3 is 10.1 Å². The molecule has 1 amide bonds. The molecule has 1 aliphatic heterocycles. The summed E-state index contributed by atoms with van der Waals surface area (Å²) in [7, 11) is 0. The van der Waals surface area contributed by atoms with Crippen molar-refractivity contribution >= 4 is 5.91 Å². The number of H-pyrrole nitrogens is 1. The molecule has 1 saturated heterocycles. The number of ether oxygens (including phenoxy) is 1. The van der Waals surface area contributed by atoms with Crippen molar-refractivity contribution in [2.24, 2.45) is 11.8 Å². The van der Waals surface area contributed by atoms with Crippen molar-refractivity contribution in [3.63, 3.8) is 0 Å². The van der Waals surface area contributed by atoms with Crippen LogP contribution in [0.4, 0.5) is 0 Å². The second-order valence-corrected chi connectivity index (χ2v) is 5.75. The topological polar surface area (TPSA) is 79.9 Å². The molecule has 19 heavy (non-hydrogen) atoms. The van der Waals surface area contributed by atoms with Crippen molar-refractivity contribution in [2.75, 3.05) is 6.61 Å². The van der Waals surface area contributed by atoms with Crippen molar-refractivity contribution in [1.29, 1.82) is 0 Å². The smallest absolute Gasteiger partial charge is 0.223 e. The standard InChI is InChI=1S/C13H20N4O2/c1-7-5-9(6-7)13(18)15-10-3-4-19-11(10)12-14-8(2)16-17-12/h7,9-11H,3-6H2,1-2H3,(H,15,18)(H,14,16,17)/t7?,9?,10-,11+/m0/s1. The predicted octanol–water partition coefficient (Wildman–Crippen LogP) is 1.11. The number of aromatic nitrogens is 3. The van der Waals surface area contributed by atoms with Crippen molar-refractivity contribution in [2.45, 2.75) is 45.3 Å². The molecule has 1 aliphatic carbocycles. The third-order valence-electron chi connectivity index (χ3n) is 4.03. The van der Waals surface area contributed by atoms with Crippen LogP contribution in [0.2, 0.25) is 0 Å². The lowest BCUT2D eigenvalue weighted by atomic mass is 9.75. The fourth-order valence-corrected chi connectivity index (χ4v) is 2.90. The molecule has 3 rings (SSSR count). The van der Waals surface area contributed by atoms with Crippen molar-refractivity contribution < 1.29 is 9.53 Å². The van der Waals surface area contributed by atoms with Crippen LogP contribution in [0.5, 0.6) is 0 Å². The lowest BCUT2D eigenvalue weighted by Crippen LogP contribution is -2.44. The van der Waals surface area contributed by atoms with E-state index in [2.05, 4.69) is 27.4 Å². The van der Waals surface area contributed by atoms with E-state index in [1.165, 1.54) is 0 Å². The summed E-state index contributed by atoms with van der Waals surface area (Å²) in [5, 5.41) is 10.1. The Balaban J connectivity index is 1.62. The summed E-state index contributed by atoms with van der Waals surface area (Å²) in [6, 6.07) is -0.00129. The van der Waals surface area contributed by atoms with Gasteiger partial charge in [0.05, 0.1) is 6.04 Å². The van der Waals surface area contributed by atoms with E-state index in [-0.39, 0.29) is 24.0 Å². The van der Waals surface area contributed by atoms with Gasteiger partial charge in [0, 0.05) is 12.5 Å². The maximum absolute atomic E-state index is 12.1. The Morgan fingerprint density at radius 1 is 1.47 bits per heavy atom. The molecular weight excluding hydrogens is 244 g/mol. The van der Waals surface area contributed by atoms with E-state index < -0.39 is 0 Å². The molecule has 1 aromatic heterocycles. The van der Waals surface area contributed by atoms with Crippen LogP contribution in [0.15, 0.2) is 0 Å². The van der Waals surface area contributed by atoms with Gasteiger partial charge in [-0.2, -0.15) is 5.10 Å². The number of carbonyl (C=O) groups is 1. The lowest BCUT2D eigenvalue weighted by molar-refractivity contribution is -0.130. The van der Waals surface area contributed by atoms with Gasteiger partial charge in [0.1, 0.15) is 11.9 Å². The van der Waals surface area contributed by atoms with Crippen LogP contribution >= 0.6 is 0 Å². The van der Waals surface area contributed by atoms with Gasteiger partial charge in [-0.25, -0.2) is 4.98 Å². The third kappa shape index (κ3) is 2.49. The molecule has 0 radical (unpaired) electrons. The highest BCUT2D eigenvalue weighted by Crippen LogP contribution is 2.34. The molecule has 104 valence electrons. The van der Waals surface area contributed by atoms with Crippen LogP contribution in [-0.2, 0) is 9.53 Å². The van der Waals surface area contributed by atoms with E-state index in [1.807, 2.05) is 6.92 Å². The van der Waals surface area contributed by atoms with E-state index in [4.69, 9.17) is 4.74 Å². The minimum absolute atomic E-state index is 0.00129. The molecule has 0 aromatic carbocycles. The summed E-state index contributed by atoms with van der Waals surface area (Å²) >= 11 is 0. The van der Waals surface area contributed by atoms with Gasteiger partial charge in [-0.05, 0) is 32.1 Å². The molecule has 6 heteroatoms. The van der Waals surface area contributed by atoms with Crippen LogP contribution in [0.1, 0.15) is 43.9 Å². The van der Waals surface area contributed by atoms with E-state index in [0.29, 0.717) is 18.3 Å². The summed E-state index contributed by atoms with van der Waals surface area (Å²) in [4.78, 5) is 16.4. The Morgan fingerprint density at radius 2 is 2.26 bits per heavy atom. The number of hydrogen-bond acceptors (Lipinski definition) is 4. The molecular formula is C13H20N4O2. The summed E-state index contributed by atoms with van der Waals surface area (Å²) in [6.07, 6.45) is 2.62. The average Bonchev–Trinajstić information content (AvgIpc) is 2.93. The first-order valence-electron chi connectivity index (χ1n) is 6.94. The molecule has 2 N–H and O–H groups in total. The zero-order chi connectivity index (χ0) is 13.4. The average molecular weight is 264 g/mol. The Kier molecular flexibility index (Phi) is 3.26. The highest BCUT2D eigenvalue weighted by molar-refractivity contribution is 5.79. The maximum Gasteiger partial charge on any atom is 0.223 e. The van der Waals surface area contributed by atoms with E-state index in [9.17, 15) is 4.79 Å². The normalized spacial score (nSPS) is 34.0. The molecule has 2 fully saturated rings. The third-order valence-corrected chi connectivity index (χ3v) is 4.03. The fraction of sp³-hybridized carbons (Fsp3) is 0.769. The van der Waals surface area contributed by atoms with E-state index >= 15 is 0 Å². The van der Waals surface area contributed by atoms with Gasteiger partial charge in [0.25, 0.3) is 0 Å². The second kappa shape index (κ2) is 4.92. The summed E-state index contributed by atoms with van der Waals surface area (Å²) in [6.45, 7) is 4.68. The van der Waals surface area contributed by atoms with E-state index in [0.717, 1.165) is 25.1 Å². The molecule has 0 bridgehead atoms. The van der Waals surface area contributed by atoms with Crippen LogP contribution in [0, 0.1) is 18.8 Å². The Labute approximate surface area is 112 Å². The Hall–Kier alpha value is -1.43. The number of rotatable bonds is 3. The predicted molar refractivity (Wildman–Crippen MR) is 68.2 cm³/mol. The monoisotopic (exact) mass is 264 g/mol. The lowest BCUT2D eigenvalue weighted by Gasteiger charge is -2.32. The highest BCUT2D eigenvalue weighted by Gasteiger charge is 2.37. The summed E-state index contributed by atoms with van der Waals surface area (Å²) < 4.78 is 5.66. The molecule has 0 spiro atoms. The van der Waals surface area contributed by atoms with Crippen LogP contribution < -0.4 is 5.32 Å². The van der Waals surface area contributed by atoms with Gasteiger partial charge in [-0.1, -0.05) is 6.92 Å². The highest BCUT2D eigenvalue weighted by atomic mass is 16.5. The number of aryl methyl sites for hydroxylation is 1. The molecule has 1 aromatic rings. The van der Waals surface area contributed by atoms with Crippen LogP contribution in [-0.4, -0.2) is 33.7 Å². The number of nitrogens with zero attached hydrogens (tertiary/aromatic N) is 2. The minimum Gasteiger partial charge on any atom is -0.368 e. The van der Waals surface area contributed by atoms with Crippen molar-refractivity contribution in [3.8, 4) is 0 Å². The first-order valence-corrected chi connectivity index (χ1v) is 6.94. The molecule has 2 aliphatic rings.